The molecule has 0 spiro atoms. The SMILES string of the molecule is CCC(CC)CNc1ccc(C(C(=O)NO)c2ccccc2)cc1. The van der Waals surface area contributed by atoms with Gasteiger partial charge < -0.3 is 5.32 Å². The third-order valence-corrected chi connectivity index (χ3v) is 4.50. The number of amides is 1. The Morgan fingerprint density at radius 3 is 2.08 bits per heavy atom. The van der Waals surface area contributed by atoms with Crippen LogP contribution >= 0.6 is 0 Å². The van der Waals surface area contributed by atoms with Crippen LogP contribution in [0.4, 0.5) is 5.69 Å². The second kappa shape index (κ2) is 9.08. The van der Waals surface area contributed by atoms with Gasteiger partial charge in [-0.2, -0.15) is 0 Å². The molecule has 0 bridgehead atoms. The Morgan fingerprint density at radius 2 is 1.54 bits per heavy atom. The number of hydrogen-bond donors (Lipinski definition) is 3. The van der Waals surface area contributed by atoms with Crippen LogP contribution in [0.3, 0.4) is 0 Å². The van der Waals surface area contributed by atoms with Crippen LogP contribution in [0.2, 0.25) is 0 Å². The third kappa shape index (κ3) is 4.59. The lowest BCUT2D eigenvalue weighted by Gasteiger charge is -2.17. The maximum absolute atomic E-state index is 12.1. The van der Waals surface area contributed by atoms with Gasteiger partial charge in [0.25, 0.3) is 5.91 Å². The monoisotopic (exact) mass is 326 g/mol. The summed E-state index contributed by atoms with van der Waals surface area (Å²) in [5.74, 6) is -0.287. The van der Waals surface area contributed by atoms with Crippen molar-refractivity contribution in [2.24, 2.45) is 5.92 Å². The predicted octanol–water partition coefficient (Wildman–Crippen LogP) is 4.17. The molecule has 0 fully saturated rings. The second-order valence-electron chi connectivity index (χ2n) is 6.01. The molecule has 2 aromatic carbocycles. The lowest BCUT2D eigenvalue weighted by molar-refractivity contribution is -0.129. The smallest absolute Gasteiger partial charge is 0.255 e. The average molecular weight is 326 g/mol. The second-order valence-corrected chi connectivity index (χ2v) is 6.01. The Balaban J connectivity index is 2.15. The van der Waals surface area contributed by atoms with Crippen LogP contribution in [0.5, 0.6) is 0 Å². The molecule has 0 aliphatic heterocycles. The van der Waals surface area contributed by atoms with Crippen molar-refractivity contribution in [1.29, 1.82) is 0 Å². The van der Waals surface area contributed by atoms with Crippen molar-refractivity contribution in [3.05, 3.63) is 65.7 Å². The van der Waals surface area contributed by atoms with Gasteiger partial charge in [0.15, 0.2) is 0 Å². The molecule has 0 aromatic heterocycles. The van der Waals surface area contributed by atoms with Crippen LogP contribution < -0.4 is 10.8 Å². The lowest BCUT2D eigenvalue weighted by atomic mass is 9.90. The molecule has 0 saturated heterocycles. The summed E-state index contributed by atoms with van der Waals surface area (Å²) in [6.45, 7) is 5.36. The topological polar surface area (TPSA) is 61.4 Å². The quantitative estimate of drug-likeness (QED) is 0.504. The van der Waals surface area contributed by atoms with Gasteiger partial charge in [0.1, 0.15) is 0 Å². The molecule has 4 heteroatoms. The fourth-order valence-electron chi connectivity index (χ4n) is 2.84. The van der Waals surface area contributed by atoms with Gasteiger partial charge in [0.05, 0.1) is 5.92 Å². The van der Waals surface area contributed by atoms with Crippen molar-refractivity contribution in [1.82, 2.24) is 5.48 Å². The van der Waals surface area contributed by atoms with E-state index in [1.807, 2.05) is 54.6 Å². The van der Waals surface area contributed by atoms with Crippen molar-refractivity contribution in [3.63, 3.8) is 0 Å². The molecule has 24 heavy (non-hydrogen) atoms. The average Bonchev–Trinajstić information content (AvgIpc) is 2.64. The molecule has 0 aliphatic carbocycles. The van der Waals surface area contributed by atoms with Crippen molar-refractivity contribution in [2.45, 2.75) is 32.6 Å². The van der Waals surface area contributed by atoms with E-state index in [9.17, 15) is 4.79 Å². The molecule has 0 radical (unpaired) electrons. The molecule has 2 aromatic rings. The summed E-state index contributed by atoms with van der Waals surface area (Å²) in [6.07, 6.45) is 2.32. The largest absolute Gasteiger partial charge is 0.385 e. The van der Waals surface area contributed by atoms with E-state index < -0.39 is 11.8 Å². The molecule has 0 saturated carbocycles. The number of hydrogen-bond acceptors (Lipinski definition) is 3. The highest BCUT2D eigenvalue weighted by atomic mass is 16.5. The number of hydroxylamine groups is 1. The van der Waals surface area contributed by atoms with E-state index in [2.05, 4.69) is 19.2 Å². The van der Waals surface area contributed by atoms with Crippen LogP contribution in [0.25, 0.3) is 0 Å². The van der Waals surface area contributed by atoms with Gasteiger partial charge in [0, 0.05) is 12.2 Å². The fourth-order valence-corrected chi connectivity index (χ4v) is 2.84. The summed E-state index contributed by atoms with van der Waals surface area (Å²) >= 11 is 0. The van der Waals surface area contributed by atoms with Crippen LogP contribution in [0.1, 0.15) is 43.7 Å². The molecule has 3 N–H and O–H groups in total. The van der Waals surface area contributed by atoms with Gasteiger partial charge in [-0.3, -0.25) is 10.0 Å². The van der Waals surface area contributed by atoms with Gasteiger partial charge >= 0.3 is 0 Å². The molecular formula is C20H26N2O2. The fraction of sp³-hybridized carbons (Fsp3) is 0.350. The number of nitrogens with one attached hydrogen (secondary N) is 2. The number of anilines is 1. The van der Waals surface area contributed by atoms with Gasteiger partial charge in [0.2, 0.25) is 0 Å². The van der Waals surface area contributed by atoms with E-state index in [0.29, 0.717) is 5.92 Å². The Labute approximate surface area is 143 Å². The number of benzene rings is 2. The summed E-state index contributed by atoms with van der Waals surface area (Å²) in [5.41, 5.74) is 4.52. The maximum atomic E-state index is 12.1. The first-order chi connectivity index (χ1) is 11.7. The first-order valence-electron chi connectivity index (χ1n) is 8.52. The summed E-state index contributed by atoms with van der Waals surface area (Å²) in [5, 5.41) is 12.5. The van der Waals surface area contributed by atoms with E-state index in [1.54, 1.807) is 5.48 Å². The Morgan fingerprint density at radius 1 is 0.958 bits per heavy atom. The highest BCUT2D eigenvalue weighted by Gasteiger charge is 2.22. The zero-order valence-electron chi connectivity index (χ0n) is 14.3. The third-order valence-electron chi connectivity index (χ3n) is 4.50. The van der Waals surface area contributed by atoms with E-state index in [1.165, 1.54) is 0 Å². The standard InChI is InChI=1S/C20H26N2O2/c1-3-15(4-2)14-21-18-12-10-17(11-13-18)19(20(23)22-24)16-8-6-5-7-9-16/h5-13,15,19,21,24H,3-4,14H2,1-2H3,(H,22,23). The van der Waals surface area contributed by atoms with Crippen LogP contribution in [0.15, 0.2) is 54.6 Å². The van der Waals surface area contributed by atoms with Crippen LogP contribution in [-0.2, 0) is 4.79 Å². The molecule has 1 unspecified atom stereocenters. The molecule has 4 nitrogen and oxygen atoms in total. The predicted molar refractivity (Wildman–Crippen MR) is 97.2 cm³/mol. The van der Waals surface area contributed by atoms with Crippen LogP contribution in [-0.4, -0.2) is 17.7 Å². The zero-order chi connectivity index (χ0) is 17.4. The van der Waals surface area contributed by atoms with Gasteiger partial charge in [-0.05, 0) is 29.2 Å². The van der Waals surface area contributed by atoms with E-state index in [0.717, 1.165) is 36.2 Å². The summed E-state index contributed by atoms with van der Waals surface area (Å²) in [4.78, 5) is 12.1. The molecule has 0 aliphatic rings. The van der Waals surface area contributed by atoms with Gasteiger partial charge in [-0.1, -0.05) is 69.2 Å². The van der Waals surface area contributed by atoms with E-state index >= 15 is 0 Å². The molecule has 128 valence electrons. The minimum Gasteiger partial charge on any atom is -0.385 e. The molecule has 1 atom stereocenters. The minimum atomic E-state index is -0.524. The van der Waals surface area contributed by atoms with Crippen molar-refractivity contribution >= 4 is 11.6 Å². The number of carbonyl (C=O) groups excluding carboxylic acids is 1. The van der Waals surface area contributed by atoms with Crippen molar-refractivity contribution in [2.75, 3.05) is 11.9 Å². The minimum absolute atomic E-state index is 0.432. The van der Waals surface area contributed by atoms with Gasteiger partial charge in [-0.15, -0.1) is 0 Å². The summed E-state index contributed by atoms with van der Waals surface area (Å²) < 4.78 is 0. The van der Waals surface area contributed by atoms with Crippen molar-refractivity contribution < 1.29 is 10.0 Å². The maximum Gasteiger partial charge on any atom is 0.255 e. The summed E-state index contributed by atoms with van der Waals surface area (Å²) in [6, 6.07) is 17.3. The van der Waals surface area contributed by atoms with Gasteiger partial charge in [-0.25, -0.2) is 5.48 Å². The molecular weight excluding hydrogens is 300 g/mol. The molecule has 0 heterocycles. The summed E-state index contributed by atoms with van der Waals surface area (Å²) in [7, 11) is 0. The highest BCUT2D eigenvalue weighted by Crippen LogP contribution is 2.26. The highest BCUT2D eigenvalue weighted by molar-refractivity contribution is 5.86. The first-order valence-corrected chi connectivity index (χ1v) is 8.52. The molecule has 1 amide bonds. The number of carbonyl (C=O) groups is 1. The van der Waals surface area contributed by atoms with E-state index in [-0.39, 0.29) is 0 Å². The Bertz CT molecular complexity index is 622. The van der Waals surface area contributed by atoms with Crippen molar-refractivity contribution in [3.8, 4) is 0 Å². The Kier molecular flexibility index (Phi) is 6.82. The van der Waals surface area contributed by atoms with Crippen LogP contribution in [0, 0.1) is 5.92 Å². The number of rotatable bonds is 8. The lowest BCUT2D eigenvalue weighted by Crippen LogP contribution is -2.27. The normalized spacial score (nSPS) is 12.0. The Hall–Kier alpha value is -2.33. The zero-order valence-corrected chi connectivity index (χ0v) is 14.3. The molecule has 2 rings (SSSR count). The van der Waals surface area contributed by atoms with E-state index in [4.69, 9.17) is 5.21 Å². The first kappa shape index (κ1) is 18.0.